The number of phenolic OH excluding ortho intramolecular Hbond substituents is 1. The van der Waals surface area contributed by atoms with Crippen molar-refractivity contribution in [3.8, 4) is 5.75 Å². The van der Waals surface area contributed by atoms with Gasteiger partial charge in [-0.05, 0) is 37.5 Å². The highest BCUT2D eigenvalue weighted by atomic mass is 16.5. The Hall–Kier alpha value is -1.88. The summed E-state index contributed by atoms with van der Waals surface area (Å²) in [4.78, 5) is 4.14. The molecule has 0 saturated carbocycles. The zero-order valence-electron chi connectivity index (χ0n) is 11.5. The molecule has 0 aliphatic carbocycles. The second-order valence-corrected chi connectivity index (χ2v) is 4.74. The Morgan fingerprint density at radius 2 is 1.89 bits per heavy atom. The van der Waals surface area contributed by atoms with Crippen LogP contribution in [-0.2, 0) is 13.0 Å². The molecular formula is C14H19N3O2. The molecule has 0 atom stereocenters. The Labute approximate surface area is 112 Å². The van der Waals surface area contributed by atoms with Crippen LogP contribution in [0.2, 0.25) is 0 Å². The summed E-state index contributed by atoms with van der Waals surface area (Å²) >= 11 is 0. The number of aryl methyl sites for hydroxylation is 3. The van der Waals surface area contributed by atoms with E-state index in [0.29, 0.717) is 17.5 Å². The van der Waals surface area contributed by atoms with Gasteiger partial charge in [0.2, 0.25) is 5.89 Å². The summed E-state index contributed by atoms with van der Waals surface area (Å²) < 4.78 is 5.04. The highest BCUT2D eigenvalue weighted by Gasteiger charge is 2.04. The standard InChI is InChI=1S/C14H19N3O2/c1-9-6-12(7-10(2)14(9)18)8-15-5-4-13-16-11(3)17-19-13/h6-7,15,18H,4-5,8H2,1-3H3. The van der Waals surface area contributed by atoms with Gasteiger partial charge in [-0.1, -0.05) is 17.3 Å². The molecule has 2 aromatic rings. The van der Waals surface area contributed by atoms with Gasteiger partial charge in [0.1, 0.15) is 5.75 Å². The van der Waals surface area contributed by atoms with Gasteiger partial charge < -0.3 is 14.9 Å². The average molecular weight is 261 g/mol. The molecule has 1 aromatic heterocycles. The van der Waals surface area contributed by atoms with Crippen molar-refractivity contribution in [2.75, 3.05) is 6.54 Å². The van der Waals surface area contributed by atoms with Gasteiger partial charge >= 0.3 is 0 Å². The Morgan fingerprint density at radius 1 is 1.21 bits per heavy atom. The second kappa shape index (κ2) is 5.84. The van der Waals surface area contributed by atoms with Crippen LogP contribution in [0.15, 0.2) is 16.7 Å². The highest BCUT2D eigenvalue weighted by Crippen LogP contribution is 2.22. The average Bonchev–Trinajstić information content (AvgIpc) is 2.77. The molecule has 0 unspecified atom stereocenters. The highest BCUT2D eigenvalue weighted by molar-refractivity contribution is 5.42. The Bertz CT molecular complexity index is 541. The topological polar surface area (TPSA) is 71.2 Å². The molecule has 1 aromatic carbocycles. The number of rotatable bonds is 5. The molecule has 0 bridgehead atoms. The van der Waals surface area contributed by atoms with Crippen molar-refractivity contribution in [3.05, 3.63) is 40.5 Å². The van der Waals surface area contributed by atoms with Crippen LogP contribution in [0.3, 0.4) is 0 Å². The monoisotopic (exact) mass is 261 g/mol. The molecule has 0 amide bonds. The SMILES string of the molecule is Cc1noc(CCNCc2cc(C)c(O)c(C)c2)n1. The van der Waals surface area contributed by atoms with Gasteiger partial charge in [0.05, 0.1) is 0 Å². The molecular weight excluding hydrogens is 242 g/mol. The molecule has 1 heterocycles. The molecule has 0 spiro atoms. The number of hydrogen-bond donors (Lipinski definition) is 2. The molecule has 0 saturated heterocycles. The van der Waals surface area contributed by atoms with Gasteiger partial charge in [-0.25, -0.2) is 0 Å². The smallest absolute Gasteiger partial charge is 0.227 e. The van der Waals surface area contributed by atoms with Crippen LogP contribution in [-0.4, -0.2) is 21.8 Å². The van der Waals surface area contributed by atoms with Crippen molar-refractivity contribution >= 4 is 0 Å². The van der Waals surface area contributed by atoms with Crippen molar-refractivity contribution in [2.45, 2.75) is 33.7 Å². The molecule has 0 fully saturated rings. The van der Waals surface area contributed by atoms with E-state index in [2.05, 4.69) is 15.5 Å². The number of hydrogen-bond acceptors (Lipinski definition) is 5. The maximum atomic E-state index is 9.71. The Morgan fingerprint density at radius 3 is 2.47 bits per heavy atom. The molecule has 19 heavy (non-hydrogen) atoms. The molecule has 0 aliphatic heterocycles. The first-order valence-electron chi connectivity index (χ1n) is 6.35. The number of aromatic nitrogens is 2. The minimum absolute atomic E-state index is 0.380. The zero-order chi connectivity index (χ0) is 13.8. The lowest BCUT2D eigenvalue weighted by Crippen LogP contribution is -2.17. The van der Waals surface area contributed by atoms with Crippen LogP contribution in [0.25, 0.3) is 0 Å². The largest absolute Gasteiger partial charge is 0.507 e. The number of aromatic hydroxyl groups is 1. The van der Waals surface area contributed by atoms with Crippen LogP contribution in [0, 0.1) is 20.8 Å². The maximum absolute atomic E-state index is 9.71. The van der Waals surface area contributed by atoms with E-state index in [1.54, 1.807) is 0 Å². The quantitative estimate of drug-likeness (QED) is 0.806. The minimum Gasteiger partial charge on any atom is -0.507 e. The van der Waals surface area contributed by atoms with Gasteiger partial charge in [0, 0.05) is 19.5 Å². The van der Waals surface area contributed by atoms with Gasteiger partial charge in [-0.15, -0.1) is 0 Å². The molecule has 0 radical (unpaired) electrons. The van der Waals surface area contributed by atoms with Crippen molar-refractivity contribution in [3.63, 3.8) is 0 Å². The number of benzene rings is 1. The van der Waals surface area contributed by atoms with E-state index in [-0.39, 0.29) is 0 Å². The zero-order valence-corrected chi connectivity index (χ0v) is 11.5. The summed E-state index contributed by atoms with van der Waals surface area (Å²) in [7, 11) is 0. The first kappa shape index (κ1) is 13.5. The summed E-state index contributed by atoms with van der Waals surface area (Å²) in [5.41, 5.74) is 2.98. The van der Waals surface area contributed by atoms with Crippen LogP contribution < -0.4 is 5.32 Å². The van der Waals surface area contributed by atoms with E-state index in [4.69, 9.17) is 4.52 Å². The summed E-state index contributed by atoms with van der Waals surface area (Å²) in [6.07, 6.45) is 0.719. The van der Waals surface area contributed by atoms with Crippen LogP contribution >= 0.6 is 0 Å². The van der Waals surface area contributed by atoms with E-state index in [1.165, 1.54) is 0 Å². The van der Waals surface area contributed by atoms with E-state index in [0.717, 1.165) is 36.2 Å². The number of nitrogens with one attached hydrogen (secondary N) is 1. The van der Waals surface area contributed by atoms with E-state index in [1.807, 2.05) is 32.9 Å². The second-order valence-electron chi connectivity index (χ2n) is 4.74. The molecule has 2 rings (SSSR count). The van der Waals surface area contributed by atoms with Crippen molar-refractivity contribution < 1.29 is 9.63 Å². The van der Waals surface area contributed by atoms with E-state index >= 15 is 0 Å². The summed E-state index contributed by atoms with van der Waals surface area (Å²) in [5, 5.41) is 16.8. The summed E-state index contributed by atoms with van der Waals surface area (Å²) in [6.45, 7) is 7.16. The number of nitrogens with zero attached hydrogens (tertiary/aromatic N) is 2. The lowest BCUT2D eigenvalue weighted by molar-refractivity contribution is 0.372. The number of phenols is 1. The van der Waals surface area contributed by atoms with Gasteiger partial charge in [-0.2, -0.15) is 4.98 Å². The van der Waals surface area contributed by atoms with Gasteiger partial charge in [0.25, 0.3) is 0 Å². The van der Waals surface area contributed by atoms with E-state index < -0.39 is 0 Å². The Kier molecular flexibility index (Phi) is 4.16. The molecule has 102 valence electrons. The molecule has 5 heteroatoms. The van der Waals surface area contributed by atoms with Crippen molar-refractivity contribution in [1.82, 2.24) is 15.5 Å². The van der Waals surface area contributed by atoms with Crippen LogP contribution in [0.4, 0.5) is 0 Å². The summed E-state index contributed by atoms with van der Waals surface area (Å²) in [6, 6.07) is 3.98. The molecule has 2 N–H and O–H groups in total. The van der Waals surface area contributed by atoms with Gasteiger partial charge in [-0.3, -0.25) is 0 Å². The van der Waals surface area contributed by atoms with Crippen LogP contribution in [0.5, 0.6) is 5.75 Å². The first-order valence-corrected chi connectivity index (χ1v) is 6.35. The summed E-state index contributed by atoms with van der Waals surface area (Å²) in [5.74, 6) is 1.70. The molecule has 5 nitrogen and oxygen atoms in total. The lowest BCUT2D eigenvalue weighted by atomic mass is 10.1. The van der Waals surface area contributed by atoms with Crippen molar-refractivity contribution in [2.24, 2.45) is 0 Å². The van der Waals surface area contributed by atoms with Crippen molar-refractivity contribution in [1.29, 1.82) is 0 Å². The molecule has 0 aliphatic rings. The predicted molar refractivity (Wildman–Crippen MR) is 72.0 cm³/mol. The minimum atomic E-state index is 0.380. The maximum Gasteiger partial charge on any atom is 0.227 e. The third kappa shape index (κ3) is 3.54. The van der Waals surface area contributed by atoms with Crippen LogP contribution in [0.1, 0.15) is 28.4 Å². The van der Waals surface area contributed by atoms with Gasteiger partial charge in [0.15, 0.2) is 5.82 Å². The fourth-order valence-corrected chi connectivity index (χ4v) is 2.02. The van der Waals surface area contributed by atoms with E-state index in [9.17, 15) is 5.11 Å². The fraction of sp³-hybridized carbons (Fsp3) is 0.429. The third-order valence-electron chi connectivity index (χ3n) is 2.97. The third-order valence-corrected chi connectivity index (χ3v) is 2.97. The fourth-order valence-electron chi connectivity index (χ4n) is 2.02. The first-order chi connectivity index (χ1) is 9.06. The Balaban J connectivity index is 1.83. The lowest BCUT2D eigenvalue weighted by Gasteiger charge is -2.08. The normalized spacial score (nSPS) is 10.9. The predicted octanol–water partition coefficient (Wildman–Crippen LogP) is 2.03.